The molecule has 5 nitrogen and oxygen atoms in total. The van der Waals surface area contributed by atoms with Crippen LogP contribution in [0.4, 0.5) is 13.2 Å². The highest BCUT2D eigenvalue weighted by Crippen LogP contribution is 2.29. The van der Waals surface area contributed by atoms with Gasteiger partial charge in [-0.05, 0) is 24.6 Å². The topological polar surface area (TPSA) is 65.4 Å². The zero-order valence-corrected chi connectivity index (χ0v) is 14.1. The third-order valence-electron chi connectivity index (χ3n) is 3.63. The Balaban J connectivity index is 2.21. The predicted molar refractivity (Wildman–Crippen MR) is 85.9 cm³/mol. The number of ketones is 2. The lowest BCUT2D eigenvalue weighted by Crippen LogP contribution is -2.16. The van der Waals surface area contributed by atoms with E-state index < -0.39 is 29.3 Å². The summed E-state index contributed by atoms with van der Waals surface area (Å²) in [5.41, 5.74) is -0.550. The number of aromatic nitrogens is 1. The third-order valence-corrected chi connectivity index (χ3v) is 3.63. The first-order chi connectivity index (χ1) is 12.1. The molecule has 1 heterocycles. The van der Waals surface area contributed by atoms with Crippen LogP contribution in [0.5, 0.6) is 0 Å². The molecule has 0 atom stereocenters. The molecule has 0 aliphatic carbocycles. The Morgan fingerprint density at radius 2 is 1.85 bits per heavy atom. The van der Waals surface area contributed by atoms with E-state index in [0.717, 1.165) is 12.1 Å². The van der Waals surface area contributed by atoms with Crippen molar-refractivity contribution in [2.24, 2.45) is 7.05 Å². The Kier molecular flexibility index (Phi) is 5.64. The van der Waals surface area contributed by atoms with Crippen LogP contribution in [0.3, 0.4) is 0 Å². The number of alkyl halides is 3. The minimum Gasteiger partial charge on any atom is -0.460 e. The molecule has 2 rings (SSSR count). The summed E-state index contributed by atoms with van der Waals surface area (Å²) in [6, 6.07) is 5.71. The zero-order valence-electron chi connectivity index (χ0n) is 14.1. The number of hydrogen-bond donors (Lipinski definition) is 0. The lowest BCUT2D eigenvalue weighted by molar-refractivity contribution is -0.138. The summed E-state index contributed by atoms with van der Waals surface area (Å²) in [7, 11) is 1.50. The minimum atomic E-state index is -4.50. The second kappa shape index (κ2) is 7.55. The molecule has 0 bridgehead atoms. The Morgan fingerprint density at radius 3 is 2.46 bits per heavy atom. The number of aryl methyl sites for hydroxylation is 1. The first kappa shape index (κ1) is 19.4. The molecule has 0 amide bonds. The largest absolute Gasteiger partial charge is 0.460 e. The molecule has 0 aliphatic rings. The SMILES string of the molecule is CCOC(=O)C(=O)c1cc(C(=O)Cc2cccc(C(F)(F)F)c2)n(C)c1. The van der Waals surface area contributed by atoms with Crippen molar-refractivity contribution in [1.82, 2.24) is 4.57 Å². The molecule has 1 aromatic heterocycles. The van der Waals surface area contributed by atoms with Crippen LogP contribution in [0.2, 0.25) is 0 Å². The molecule has 0 unspecified atom stereocenters. The number of nitrogens with zero attached hydrogens (tertiary/aromatic N) is 1. The van der Waals surface area contributed by atoms with Crippen LogP contribution in [-0.4, -0.2) is 28.7 Å². The molecule has 0 aliphatic heterocycles. The first-order valence-electron chi connectivity index (χ1n) is 7.70. The van der Waals surface area contributed by atoms with Gasteiger partial charge in [-0.1, -0.05) is 18.2 Å². The molecule has 26 heavy (non-hydrogen) atoms. The fraction of sp³-hybridized carbons (Fsp3) is 0.278. The number of esters is 1. The van der Waals surface area contributed by atoms with Gasteiger partial charge in [-0.15, -0.1) is 0 Å². The summed E-state index contributed by atoms with van der Waals surface area (Å²) in [5, 5.41) is 0. The average Bonchev–Trinajstić information content (AvgIpc) is 2.95. The molecule has 0 spiro atoms. The Morgan fingerprint density at radius 1 is 1.15 bits per heavy atom. The van der Waals surface area contributed by atoms with Crippen LogP contribution in [0.1, 0.15) is 38.9 Å². The van der Waals surface area contributed by atoms with Crippen molar-refractivity contribution < 1.29 is 32.3 Å². The van der Waals surface area contributed by atoms with Gasteiger partial charge in [-0.25, -0.2) is 4.79 Å². The maximum absolute atomic E-state index is 12.8. The predicted octanol–water partition coefficient (Wildman–Crippen LogP) is 3.22. The van der Waals surface area contributed by atoms with Gasteiger partial charge in [0.1, 0.15) is 0 Å². The molecule has 138 valence electrons. The molecule has 0 fully saturated rings. The van der Waals surface area contributed by atoms with E-state index in [2.05, 4.69) is 4.74 Å². The molecule has 8 heteroatoms. The van der Waals surface area contributed by atoms with E-state index in [0.29, 0.717) is 0 Å². The van der Waals surface area contributed by atoms with E-state index in [9.17, 15) is 27.6 Å². The number of rotatable bonds is 6. The molecule has 0 saturated carbocycles. The van der Waals surface area contributed by atoms with Gasteiger partial charge in [0.15, 0.2) is 5.78 Å². The Hall–Kier alpha value is -2.90. The summed E-state index contributed by atoms with van der Waals surface area (Å²) in [5.74, 6) is -2.40. The highest BCUT2D eigenvalue weighted by molar-refractivity contribution is 6.40. The van der Waals surface area contributed by atoms with Crippen LogP contribution in [0.15, 0.2) is 36.5 Å². The van der Waals surface area contributed by atoms with Crippen LogP contribution in [-0.2, 0) is 29.2 Å². The van der Waals surface area contributed by atoms with Crippen LogP contribution >= 0.6 is 0 Å². The van der Waals surface area contributed by atoms with Crippen molar-refractivity contribution in [2.45, 2.75) is 19.5 Å². The molecular formula is C18H16F3NO4. The van der Waals surface area contributed by atoms with Gasteiger partial charge in [-0.3, -0.25) is 9.59 Å². The van der Waals surface area contributed by atoms with E-state index in [-0.39, 0.29) is 29.8 Å². The second-order valence-corrected chi connectivity index (χ2v) is 5.57. The smallest absolute Gasteiger partial charge is 0.416 e. The van der Waals surface area contributed by atoms with Crippen molar-refractivity contribution in [1.29, 1.82) is 0 Å². The standard InChI is InChI=1S/C18H16F3NO4/c1-3-26-17(25)16(24)12-9-14(22(2)10-12)15(23)8-11-5-4-6-13(7-11)18(19,20)21/h4-7,9-10H,3,8H2,1-2H3. The summed E-state index contributed by atoms with van der Waals surface area (Å²) in [6.07, 6.45) is -3.46. The lowest BCUT2D eigenvalue weighted by atomic mass is 10.0. The number of carbonyl (C=O) groups is 3. The Bertz CT molecular complexity index is 852. The van der Waals surface area contributed by atoms with Crippen LogP contribution in [0.25, 0.3) is 0 Å². The number of benzene rings is 1. The number of ether oxygens (including phenoxy) is 1. The highest BCUT2D eigenvalue weighted by atomic mass is 19.4. The lowest BCUT2D eigenvalue weighted by Gasteiger charge is -2.08. The highest BCUT2D eigenvalue weighted by Gasteiger charge is 2.30. The fourth-order valence-corrected chi connectivity index (χ4v) is 2.41. The van der Waals surface area contributed by atoms with Gasteiger partial charge in [0.2, 0.25) is 0 Å². The van der Waals surface area contributed by atoms with Crippen molar-refractivity contribution in [3.8, 4) is 0 Å². The molecule has 1 aromatic carbocycles. The monoisotopic (exact) mass is 367 g/mol. The average molecular weight is 367 g/mol. The third kappa shape index (κ3) is 4.38. The normalized spacial score (nSPS) is 11.3. The second-order valence-electron chi connectivity index (χ2n) is 5.57. The van der Waals surface area contributed by atoms with E-state index in [4.69, 9.17) is 0 Å². The minimum absolute atomic E-state index is 0.0154. The van der Waals surface area contributed by atoms with E-state index in [1.807, 2.05) is 0 Å². The van der Waals surface area contributed by atoms with Crippen molar-refractivity contribution in [3.05, 3.63) is 58.9 Å². The van der Waals surface area contributed by atoms with Gasteiger partial charge < -0.3 is 9.30 Å². The van der Waals surface area contributed by atoms with E-state index >= 15 is 0 Å². The quantitative estimate of drug-likeness (QED) is 0.447. The summed E-state index contributed by atoms with van der Waals surface area (Å²) in [6.45, 7) is 1.60. The van der Waals surface area contributed by atoms with Crippen molar-refractivity contribution in [2.75, 3.05) is 6.61 Å². The van der Waals surface area contributed by atoms with E-state index in [1.165, 1.54) is 36.0 Å². The van der Waals surface area contributed by atoms with Gasteiger partial charge >= 0.3 is 12.1 Å². The molecular weight excluding hydrogens is 351 g/mol. The van der Waals surface area contributed by atoms with Crippen molar-refractivity contribution >= 4 is 17.5 Å². The number of Topliss-reactive ketones (excluding diaryl/α,β-unsaturated/α-hetero) is 2. The van der Waals surface area contributed by atoms with Crippen LogP contribution in [0, 0.1) is 0 Å². The maximum Gasteiger partial charge on any atom is 0.416 e. The number of halogens is 3. The molecule has 0 N–H and O–H groups in total. The van der Waals surface area contributed by atoms with Crippen LogP contribution < -0.4 is 0 Å². The van der Waals surface area contributed by atoms with Gasteiger partial charge in [0, 0.05) is 25.2 Å². The molecule has 0 saturated heterocycles. The summed E-state index contributed by atoms with van der Waals surface area (Å²) in [4.78, 5) is 35.8. The Labute approximate surface area is 147 Å². The van der Waals surface area contributed by atoms with Crippen molar-refractivity contribution in [3.63, 3.8) is 0 Å². The van der Waals surface area contributed by atoms with Gasteiger partial charge in [-0.2, -0.15) is 13.2 Å². The van der Waals surface area contributed by atoms with Gasteiger partial charge in [0.25, 0.3) is 5.78 Å². The zero-order chi connectivity index (χ0) is 19.5. The maximum atomic E-state index is 12.8. The first-order valence-corrected chi connectivity index (χ1v) is 7.70. The fourth-order valence-electron chi connectivity index (χ4n) is 2.41. The summed E-state index contributed by atoms with van der Waals surface area (Å²) < 4.78 is 44.2. The van der Waals surface area contributed by atoms with E-state index in [1.54, 1.807) is 6.92 Å². The molecule has 2 aromatic rings. The molecule has 0 radical (unpaired) electrons. The van der Waals surface area contributed by atoms with Gasteiger partial charge in [0.05, 0.1) is 17.9 Å². The number of hydrogen-bond acceptors (Lipinski definition) is 4. The summed E-state index contributed by atoms with van der Waals surface area (Å²) >= 11 is 0. The number of carbonyl (C=O) groups excluding carboxylic acids is 3.